The lowest BCUT2D eigenvalue weighted by Crippen LogP contribution is -2.39. The van der Waals surface area contributed by atoms with Gasteiger partial charge in [-0.25, -0.2) is 4.99 Å². The van der Waals surface area contributed by atoms with Crippen molar-refractivity contribution < 1.29 is 9.72 Å². The van der Waals surface area contributed by atoms with Gasteiger partial charge in [-0.3, -0.25) is 19.8 Å². The van der Waals surface area contributed by atoms with Gasteiger partial charge in [-0.15, -0.1) is 0 Å². The van der Waals surface area contributed by atoms with E-state index in [1.165, 1.54) is 30.0 Å². The van der Waals surface area contributed by atoms with Gasteiger partial charge in [0, 0.05) is 23.4 Å². The molecule has 27 heavy (non-hydrogen) atoms. The molecule has 1 amide bonds. The lowest BCUT2D eigenvalue weighted by atomic mass is 10.1. The van der Waals surface area contributed by atoms with Crippen LogP contribution >= 0.6 is 23.4 Å². The monoisotopic (exact) mass is 403 g/mol. The number of carbonyl (C=O) groups is 1. The maximum Gasteiger partial charge on any atom is 0.288 e. The SMILES string of the molecule is CC[C@@H]1CSC(=Nc2cccc(C)c2)N1C(=O)c1ccc(Cl)c([N+](=O)[O-])c1. The number of halogens is 1. The van der Waals surface area contributed by atoms with Crippen molar-refractivity contribution in [3.63, 3.8) is 0 Å². The molecule has 8 heteroatoms. The van der Waals surface area contributed by atoms with Crippen LogP contribution in [0, 0.1) is 17.0 Å². The summed E-state index contributed by atoms with van der Waals surface area (Å²) in [5, 5.41) is 11.8. The van der Waals surface area contributed by atoms with Crippen molar-refractivity contribution >= 4 is 45.8 Å². The van der Waals surface area contributed by atoms with Crippen LogP contribution in [0.2, 0.25) is 5.02 Å². The predicted octanol–water partition coefficient (Wildman–Crippen LogP) is 5.21. The fraction of sp³-hybridized carbons (Fsp3) is 0.263. The Bertz CT molecular complexity index is 932. The van der Waals surface area contributed by atoms with E-state index in [4.69, 9.17) is 11.6 Å². The standard InChI is InChI=1S/C19H18ClN3O3S/c1-3-15-11-27-19(21-14-6-4-5-12(2)9-14)22(15)18(24)13-7-8-16(20)17(10-13)23(25)26/h4-10,15H,3,11H2,1-2H3/t15-/m1/s1. The molecule has 1 aliphatic rings. The fourth-order valence-electron chi connectivity index (χ4n) is 2.84. The number of nitrogens with zero attached hydrogens (tertiary/aromatic N) is 3. The third kappa shape index (κ3) is 4.14. The van der Waals surface area contributed by atoms with E-state index in [-0.39, 0.29) is 28.2 Å². The molecule has 0 spiro atoms. The first-order valence-corrected chi connectivity index (χ1v) is 9.82. The van der Waals surface area contributed by atoms with E-state index in [1.807, 2.05) is 38.1 Å². The van der Waals surface area contributed by atoms with Crippen LogP contribution in [0.5, 0.6) is 0 Å². The maximum absolute atomic E-state index is 13.1. The molecule has 1 heterocycles. The Kier molecular flexibility index (Phi) is 5.82. The summed E-state index contributed by atoms with van der Waals surface area (Å²) < 4.78 is 0. The minimum absolute atomic E-state index is 0.00744. The molecule has 1 saturated heterocycles. The molecule has 1 aliphatic heterocycles. The lowest BCUT2D eigenvalue weighted by Gasteiger charge is -2.23. The largest absolute Gasteiger partial charge is 0.288 e. The molecule has 2 aromatic carbocycles. The Morgan fingerprint density at radius 2 is 2.15 bits per heavy atom. The van der Waals surface area contributed by atoms with E-state index >= 15 is 0 Å². The van der Waals surface area contributed by atoms with E-state index in [2.05, 4.69) is 4.99 Å². The van der Waals surface area contributed by atoms with E-state index in [9.17, 15) is 14.9 Å². The number of hydrogen-bond acceptors (Lipinski definition) is 5. The van der Waals surface area contributed by atoms with E-state index < -0.39 is 4.92 Å². The number of hydrogen-bond donors (Lipinski definition) is 0. The third-order valence-corrected chi connectivity index (χ3v) is 5.70. The number of amides is 1. The highest BCUT2D eigenvalue weighted by molar-refractivity contribution is 8.14. The summed E-state index contributed by atoms with van der Waals surface area (Å²) in [7, 11) is 0. The number of nitro groups is 1. The van der Waals surface area contributed by atoms with Crippen LogP contribution in [0.4, 0.5) is 11.4 Å². The Labute approximate surface area is 166 Å². The summed E-state index contributed by atoms with van der Waals surface area (Å²) in [6.07, 6.45) is 0.765. The van der Waals surface area contributed by atoms with Crippen molar-refractivity contribution in [1.29, 1.82) is 0 Å². The summed E-state index contributed by atoms with van der Waals surface area (Å²) in [5.74, 6) is 0.431. The Morgan fingerprint density at radius 3 is 2.81 bits per heavy atom. The topological polar surface area (TPSA) is 75.8 Å². The van der Waals surface area contributed by atoms with Crippen LogP contribution in [0.3, 0.4) is 0 Å². The number of amidine groups is 1. The van der Waals surface area contributed by atoms with Crippen LogP contribution < -0.4 is 0 Å². The van der Waals surface area contributed by atoms with Crippen molar-refractivity contribution in [3.8, 4) is 0 Å². The van der Waals surface area contributed by atoms with E-state index in [1.54, 1.807) is 4.90 Å². The molecule has 0 unspecified atom stereocenters. The molecular weight excluding hydrogens is 386 g/mol. The van der Waals surface area contributed by atoms with E-state index in [0.29, 0.717) is 5.17 Å². The quantitative estimate of drug-likeness (QED) is 0.518. The lowest BCUT2D eigenvalue weighted by molar-refractivity contribution is -0.384. The second-order valence-electron chi connectivity index (χ2n) is 6.20. The molecule has 0 aromatic heterocycles. The molecule has 6 nitrogen and oxygen atoms in total. The van der Waals surface area contributed by atoms with E-state index in [0.717, 1.165) is 23.4 Å². The highest BCUT2D eigenvalue weighted by Crippen LogP contribution is 2.32. The molecule has 1 atom stereocenters. The molecule has 0 radical (unpaired) electrons. The summed E-state index contributed by atoms with van der Waals surface area (Å²) in [6, 6.07) is 11.8. The van der Waals surface area contributed by atoms with Crippen LogP contribution in [0.1, 0.15) is 29.3 Å². The van der Waals surface area contributed by atoms with Crippen molar-refractivity contribution in [1.82, 2.24) is 4.90 Å². The van der Waals surface area contributed by atoms with Crippen LogP contribution in [0.25, 0.3) is 0 Å². The molecule has 0 saturated carbocycles. The van der Waals surface area contributed by atoms with Gasteiger partial charge in [-0.05, 0) is 43.2 Å². The van der Waals surface area contributed by atoms with Gasteiger partial charge in [0.05, 0.1) is 10.6 Å². The third-order valence-electron chi connectivity index (χ3n) is 4.28. The average molecular weight is 404 g/mol. The highest BCUT2D eigenvalue weighted by Gasteiger charge is 2.35. The summed E-state index contributed by atoms with van der Waals surface area (Å²) in [4.78, 5) is 30.0. The predicted molar refractivity (Wildman–Crippen MR) is 109 cm³/mol. The Balaban J connectivity index is 1.99. The van der Waals surface area contributed by atoms with Crippen molar-refractivity contribution in [3.05, 3.63) is 68.7 Å². The number of rotatable bonds is 4. The minimum Gasteiger partial charge on any atom is -0.283 e. The van der Waals surface area contributed by atoms with Crippen LogP contribution in [-0.4, -0.2) is 32.7 Å². The average Bonchev–Trinajstić information content (AvgIpc) is 3.03. The summed E-state index contributed by atoms with van der Waals surface area (Å²) >= 11 is 7.38. The number of thioether (sulfide) groups is 1. The zero-order chi connectivity index (χ0) is 19.6. The second-order valence-corrected chi connectivity index (χ2v) is 7.60. The smallest absolute Gasteiger partial charge is 0.283 e. The summed E-state index contributed by atoms with van der Waals surface area (Å²) in [5.41, 5.74) is 1.80. The number of aryl methyl sites for hydroxylation is 1. The molecule has 0 aliphatic carbocycles. The van der Waals surface area contributed by atoms with Gasteiger partial charge >= 0.3 is 0 Å². The fourth-order valence-corrected chi connectivity index (χ4v) is 4.30. The first-order valence-electron chi connectivity index (χ1n) is 8.46. The van der Waals surface area contributed by atoms with Crippen molar-refractivity contribution in [2.24, 2.45) is 4.99 Å². The molecule has 140 valence electrons. The normalized spacial score (nSPS) is 18.1. The molecule has 0 N–H and O–H groups in total. The zero-order valence-corrected chi connectivity index (χ0v) is 16.5. The molecule has 0 bridgehead atoms. The molecule has 3 rings (SSSR count). The zero-order valence-electron chi connectivity index (χ0n) is 14.9. The van der Waals surface area contributed by atoms with Crippen molar-refractivity contribution in [2.45, 2.75) is 26.3 Å². The van der Waals surface area contributed by atoms with Crippen molar-refractivity contribution in [2.75, 3.05) is 5.75 Å². The van der Waals surface area contributed by atoms with Gasteiger partial charge in [0.25, 0.3) is 11.6 Å². The number of aliphatic imine (C=N–C) groups is 1. The minimum atomic E-state index is -0.586. The number of carbonyl (C=O) groups excluding carboxylic acids is 1. The first-order chi connectivity index (χ1) is 12.9. The first kappa shape index (κ1) is 19.4. The van der Waals surface area contributed by atoms with Gasteiger partial charge in [0.1, 0.15) is 5.02 Å². The van der Waals surface area contributed by atoms with Gasteiger partial charge in [-0.2, -0.15) is 0 Å². The maximum atomic E-state index is 13.1. The van der Waals surface area contributed by atoms with Gasteiger partial charge in [0.2, 0.25) is 0 Å². The Hall–Kier alpha value is -2.38. The molecule has 1 fully saturated rings. The molecule has 2 aromatic rings. The number of nitro benzene ring substituents is 1. The van der Waals surface area contributed by atoms with Gasteiger partial charge in [0.15, 0.2) is 5.17 Å². The van der Waals surface area contributed by atoms with Gasteiger partial charge < -0.3 is 0 Å². The molecular formula is C19H18ClN3O3S. The second kappa shape index (κ2) is 8.10. The van der Waals surface area contributed by atoms with Crippen LogP contribution in [0.15, 0.2) is 47.5 Å². The highest BCUT2D eigenvalue weighted by atomic mass is 35.5. The van der Waals surface area contributed by atoms with Gasteiger partial charge in [-0.1, -0.05) is 42.4 Å². The number of benzene rings is 2. The Morgan fingerprint density at radius 1 is 1.37 bits per heavy atom. The van der Waals surface area contributed by atoms with Crippen LogP contribution in [-0.2, 0) is 0 Å². The summed E-state index contributed by atoms with van der Waals surface area (Å²) in [6.45, 7) is 3.99.